The summed E-state index contributed by atoms with van der Waals surface area (Å²) in [7, 11) is 0. The molecule has 0 saturated carbocycles. The van der Waals surface area contributed by atoms with Crippen LogP contribution in [0.1, 0.15) is 38.0 Å². The molecule has 1 saturated heterocycles. The molecule has 0 bridgehead atoms. The monoisotopic (exact) mass is 219 g/mol. The first-order chi connectivity index (χ1) is 7.48. The molecule has 1 heterocycles. The van der Waals surface area contributed by atoms with Gasteiger partial charge in [0.1, 0.15) is 0 Å². The van der Waals surface area contributed by atoms with E-state index in [1.807, 2.05) is 0 Å². The third kappa shape index (κ3) is 2.28. The molecule has 2 nitrogen and oxygen atoms in total. The van der Waals surface area contributed by atoms with Gasteiger partial charge in [-0.15, -0.1) is 0 Å². The van der Waals surface area contributed by atoms with Crippen LogP contribution in [0.3, 0.4) is 0 Å². The van der Waals surface area contributed by atoms with Gasteiger partial charge < -0.3 is 10.4 Å². The standard InChI is InChI=1S/C14H21NO/c1-14(2,3)12-6-4-10(5-7-12)13(16)11-8-15-9-11/h4-7,11,13,15-16H,8-9H2,1-3H3. The Hall–Kier alpha value is -0.860. The van der Waals surface area contributed by atoms with Gasteiger partial charge in [-0.2, -0.15) is 0 Å². The Labute approximate surface area is 97.7 Å². The summed E-state index contributed by atoms with van der Waals surface area (Å²) in [6, 6.07) is 8.38. The van der Waals surface area contributed by atoms with Crippen LogP contribution in [0.25, 0.3) is 0 Å². The Kier molecular flexibility index (Phi) is 3.04. The zero-order chi connectivity index (χ0) is 11.8. The summed E-state index contributed by atoms with van der Waals surface area (Å²) in [5.41, 5.74) is 2.54. The fourth-order valence-corrected chi connectivity index (χ4v) is 1.99. The molecule has 2 N–H and O–H groups in total. The van der Waals surface area contributed by atoms with Crippen molar-refractivity contribution in [2.75, 3.05) is 13.1 Å². The predicted octanol–water partition coefficient (Wildman–Crippen LogP) is 2.24. The van der Waals surface area contributed by atoms with Gasteiger partial charge in [0.2, 0.25) is 0 Å². The number of aliphatic hydroxyl groups excluding tert-OH is 1. The summed E-state index contributed by atoms with van der Waals surface area (Å²) < 4.78 is 0. The van der Waals surface area contributed by atoms with Gasteiger partial charge >= 0.3 is 0 Å². The maximum Gasteiger partial charge on any atom is 0.0842 e. The molecule has 1 aliphatic heterocycles. The van der Waals surface area contributed by atoms with Gasteiger partial charge in [-0.3, -0.25) is 0 Å². The van der Waals surface area contributed by atoms with E-state index in [1.165, 1.54) is 5.56 Å². The van der Waals surface area contributed by atoms with Gasteiger partial charge in [-0.1, -0.05) is 45.0 Å². The van der Waals surface area contributed by atoms with Crippen molar-refractivity contribution >= 4 is 0 Å². The molecule has 0 radical (unpaired) electrons. The first-order valence-corrected chi connectivity index (χ1v) is 5.98. The van der Waals surface area contributed by atoms with Gasteiger partial charge in [0, 0.05) is 19.0 Å². The quantitative estimate of drug-likeness (QED) is 0.799. The summed E-state index contributed by atoms with van der Waals surface area (Å²) in [5, 5.41) is 13.3. The maximum absolute atomic E-state index is 10.1. The molecule has 1 fully saturated rings. The summed E-state index contributed by atoms with van der Waals surface area (Å²) >= 11 is 0. The van der Waals surface area contributed by atoms with Crippen LogP contribution >= 0.6 is 0 Å². The second-order valence-corrected chi connectivity index (χ2v) is 5.74. The van der Waals surface area contributed by atoms with Crippen molar-refractivity contribution in [3.05, 3.63) is 35.4 Å². The van der Waals surface area contributed by atoms with Crippen LogP contribution in [0, 0.1) is 5.92 Å². The molecular weight excluding hydrogens is 198 g/mol. The van der Waals surface area contributed by atoms with Crippen molar-refractivity contribution in [1.29, 1.82) is 0 Å². The van der Waals surface area contributed by atoms with Crippen LogP contribution in [0.4, 0.5) is 0 Å². The topological polar surface area (TPSA) is 32.3 Å². The van der Waals surface area contributed by atoms with Crippen LogP contribution < -0.4 is 5.32 Å². The van der Waals surface area contributed by atoms with E-state index in [0.29, 0.717) is 5.92 Å². The first-order valence-electron chi connectivity index (χ1n) is 5.98. The van der Waals surface area contributed by atoms with E-state index in [9.17, 15) is 5.11 Å². The molecular formula is C14H21NO. The molecule has 0 amide bonds. The first kappa shape index (κ1) is 11.6. The van der Waals surface area contributed by atoms with Crippen LogP contribution in [-0.4, -0.2) is 18.2 Å². The Morgan fingerprint density at radius 2 is 1.75 bits per heavy atom. The summed E-state index contributed by atoms with van der Waals surface area (Å²) in [4.78, 5) is 0. The van der Waals surface area contributed by atoms with Crippen molar-refractivity contribution in [3.8, 4) is 0 Å². The Balaban J connectivity index is 2.12. The summed E-state index contributed by atoms with van der Waals surface area (Å²) in [6.45, 7) is 8.47. The smallest absolute Gasteiger partial charge is 0.0842 e. The van der Waals surface area contributed by atoms with E-state index >= 15 is 0 Å². The Morgan fingerprint density at radius 3 is 2.12 bits per heavy atom. The van der Waals surface area contributed by atoms with Gasteiger partial charge in [-0.25, -0.2) is 0 Å². The Bertz CT molecular complexity index is 346. The molecule has 0 aromatic heterocycles. The molecule has 1 atom stereocenters. The Morgan fingerprint density at radius 1 is 1.19 bits per heavy atom. The highest BCUT2D eigenvalue weighted by Crippen LogP contribution is 2.28. The summed E-state index contributed by atoms with van der Waals surface area (Å²) in [6.07, 6.45) is -0.310. The lowest BCUT2D eigenvalue weighted by Gasteiger charge is -2.32. The lowest BCUT2D eigenvalue weighted by molar-refractivity contribution is 0.0767. The molecule has 1 aromatic rings. The average molecular weight is 219 g/mol. The molecule has 0 aliphatic carbocycles. The second-order valence-electron chi connectivity index (χ2n) is 5.74. The zero-order valence-corrected chi connectivity index (χ0v) is 10.3. The van der Waals surface area contributed by atoms with Gasteiger partial charge in [-0.05, 0) is 16.5 Å². The van der Waals surface area contributed by atoms with Crippen LogP contribution in [-0.2, 0) is 5.41 Å². The lowest BCUT2D eigenvalue weighted by Crippen LogP contribution is -2.45. The maximum atomic E-state index is 10.1. The fourth-order valence-electron chi connectivity index (χ4n) is 1.99. The number of benzene rings is 1. The highest BCUT2D eigenvalue weighted by molar-refractivity contribution is 5.29. The third-order valence-electron chi connectivity index (χ3n) is 3.38. The minimum atomic E-state index is -0.310. The van der Waals surface area contributed by atoms with E-state index < -0.39 is 0 Å². The van der Waals surface area contributed by atoms with Gasteiger partial charge in [0.25, 0.3) is 0 Å². The van der Waals surface area contributed by atoms with Crippen LogP contribution in [0.15, 0.2) is 24.3 Å². The van der Waals surface area contributed by atoms with Gasteiger partial charge in [0.15, 0.2) is 0 Å². The van der Waals surface area contributed by atoms with Crippen molar-refractivity contribution in [1.82, 2.24) is 5.32 Å². The van der Waals surface area contributed by atoms with E-state index in [1.54, 1.807) is 0 Å². The SMILES string of the molecule is CC(C)(C)c1ccc(C(O)C2CNC2)cc1. The highest BCUT2D eigenvalue weighted by Gasteiger charge is 2.26. The van der Waals surface area contributed by atoms with Crippen molar-refractivity contribution < 1.29 is 5.11 Å². The largest absolute Gasteiger partial charge is 0.388 e. The number of aliphatic hydroxyl groups is 1. The van der Waals surface area contributed by atoms with Crippen molar-refractivity contribution in [2.45, 2.75) is 32.3 Å². The van der Waals surface area contributed by atoms with Crippen LogP contribution in [0.2, 0.25) is 0 Å². The number of nitrogens with one attached hydrogen (secondary N) is 1. The zero-order valence-electron chi connectivity index (χ0n) is 10.3. The average Bonchev–Trinajstić information content (AvgIpc) is 2.14. The van der Waals surface area contributed by atoms with E-state index in [4.69, 9.17) is 0 Å². The molecule has 1 unspecified atom stereocenters. The highest BCUT2D eigenvalue weighted by atomic mass is 16.3. The molecule has 16 heavy (non-hydrogen) atoms. The third-order valence-corrected chi connectivity index (χ3v) is 3.38. The van der Waals surface area contributed by atoms with Crippen LogP contribution in [0.5, 0.6) is 0 Å². The number of hydrogen-bond acceptors (Lipinski definition) is 2. The molecule has 2 heteroatoms. The predicted molar refractivity (Wildman–Crippen MR) is 66.5 cm³/mol. The minimum absolute atomic E-state index is 0.182. The van der Waals surface area contributed by atoms with E-state index in [0.717, 1.165) is 18.7 Å². The van der Waals surface area contributed by atoms with Gasteiger partial charge in [0.05, 0.1) is 6.10 Å². The minimum Gasteiger partial charge on any atom is -0.388 e. The normalized spacial score (nSPS) is 19.2. The molecule has 88 valence electrons. The molecule has 0 spiro atoms. The molecule has 1 aliphatic rings. The summed E-state index contributed by atoms with van der Waals surface area (Å²) in [5.74, 6) is 0.389. The lowest BCUT2D eigenvalue weighted by atomic mass is 9.85. The molecule has 2 rings (SSSR count). The second kappa shape index (κ2) is 4.19. The number of rotatable bonds is 2. The van der Waals surface area contributed by atoms with E-state index in [-0.39, 0.29) is 11.5 Å². The number of hydrogen-bond donors (Lipinski definition) is 2. The van der Waals surface area contributed by atoms with Crippen molar-refractivity contribution in [2.24, 2.45) is 5.92 Å². The van der Waals surface area contributed by atoms with E-state index in [2.05, 4.69) is 50.4 Å². The fraction of sp³-hybridized carbons (Fsp3) is 0.571. The molecule has 1 aromatic carbocycles. The van der Waals surface area contributed by atoms with Crippen molar-refractivity contribution in [3.63, 3.8) is 0 Å².